The number of esters is 1. The molecule has 1 aromatic carbocycles. The Morgan fingerprint density at radius 2 is 2.10 bits per heavy atom. The highest BCUT2D eigenvalue weighted by Crippen LogP contribution is 2.22. The van der Waals surface area contributed by atoms with Crippen LogP contribution >= 0.6 is 11.8 Å². The zero-order valence-electron chi connectivity index (χ0n) is 11.6. The molecular formula is C14H17NO4S2. The minimum atomic E-state index is -3.52. The SMILES string of the molecule is COC(=O)[C@H]1CN(S(=O)(=O)/C=C/c2ccccc2)CCS1. The molecule has 1 aliphatic heterocycles. The molecule has 5 nitrogen and oxygen atoms in total. The van der Waals surface area contributed by atoms with Gasteiger partial charge in [-0.15, -0.1) is 11.8 Å². The van der Waals surface area contributed by atoms with Gasteiger partial charge in [0.2, 0.25) is 10.0 Å². The summed E-state index contributed by atoms with van der Waals surface area (Å²) in [5.41, 5.74) is 0.817. The number of carbonyl (C=O) groups is 1. The minimum absolute atomic E-state index is 0.152. The van der Waals surface area contributed by atoms with Crippen molar-refractivity contribution in [2.24, 2.45) is 0 Å². The summed E-state index contributed by atoms with van der Waals surface area (Å²) in [7, 11) is -2.21. The Labute approximate surface area is 129 Å². The van der Waals surface area contributed by atoms with Crippen molar-refractivity contribution >= 4 is 33.8 Å². The summed E-state index contributed by atoms with van der Waals surface area (Å²) in [4.78, 5) is 11.5. The molecule has 1 fully saturated rings. The van der Waals surface area contributed by atoms with E-state index in [1.807, 2.05) is 30.3 Å². The van der Waals surface area contributed by atoms with Crippen LogP contribution in [0.25, 0.3) is 6.08 Å². The van der Waals surface area contributed by atoms with Crippen LogP contribution in [0.2, 0.25) is 0 Å². The van der Waals surface area contributed by atoms with E-state index < -0.39 is 15.3 Å². The average Bonchev–Trinajstić information content (AvgIpc) is 2.53. The topological polar surface area (TPSA) is 63.7 Å². The van der Waals surface area contributed by atoms with Crippen molar-refractivity contribution in [1.82, 2.24) is 4.31 Å². The number of hydrogen-bond donors (Lipinski definition) is 0. The molecule has 21 heavy (non-hydrogen) atoms. The summed E-state index contributed by atoms with van der Waals surface area (Å²) in [5.74, 6) is 0.199. The number of thioether (sulfide) groups is 1. The largest absolute Gasteiger partial charge is 0.468 e. The van der Waals surface area contributed by atoms with Gasteiger partial charge >= 0.3 is 5.97 Å². The van der Waals surface area contributed by atoms with E-state index in [2.05, 4.69) is 4.74 Å². The Kier molecular flexibility index (Phi) is 5.44. The van der Waals surface area contributed by atoms with Gasteiger partial charge in [0.15, 0.2) is 0 Å². The van der Waals surface area contributed by atoms with Crippen molar-refractivity contribution < 1.29 is 17.9 Å². The first-order valence-corrected chi connectivity index (χ1v) is 9.01. The van der Waals surface area contributed by atoms with E-state index in [4.69, 9.17) is 0 Å². The van der Waals surface area contributed by atoms with Crippen molar-refractivity contribution in [3.63, 3.8) is 0 Å². The Morgan fingerprint density at radius 3 is 2.76 bits per heavy atom. The van der Waals surface area contributed by atoms with E-state index in [0.717, 1.165) is 5.56 Å². The lowest BCUT2D eigenvalue weighted by Gasteiger charge is -2.29. The molecule has 0 aromatic heterocycles. The molecule has 0 aliphatic carbocycles. The maximum Gasteiger partial charge on any atom is 0.320 e. The summed E-state index contributed by atoms with van der Waals surface area (Å²) < 4.78 is 30.6. The number of methoxy groups -OCH3 is 1. The van der Waals surface area contributed by atoms with Crippen molar-refractivity contribution in [3.8, 4) is 0 Å². The second kappa shape index (κ2) is 7.11. The highest BCUT2D eigenvalue weighted by Gasteiger charge is 2.32. The minimum Gasteiger partial charge on any atom is -0.468 e. The quantitative estimate of drug-likeness (QED) is 0.786. The number of hydrogen-bond acceptors (Lipinski definition) is 5. The molecule has 0 spiro atoms. The first kappa shape index (κ1) is 16.1. The molecule has 0 unspecified atom stereocenters. The Bertz CT molecular complexity index is 613. The molecule has 1 heterocycles. The lowest BCUT2D eigenvalue weighted by Crippen LogP contribution is -2.44. The van der Waals surface area contributed by atoms with Gasteiger partial charge in [-0.1, -0.05) is 30.3 Å². The first-order chi connectivity index (χ1) is 10.0. The van der Waals surface area contributed by atoms with Crippen LogP contribution in [0, 0.1) is 0 Å². The molecular weight excluding hydrogens is 310 g/mol. The molecule has 7 heteroatoms. The average molecular weight is 327 g/mol. The second-order valence-corrected chi connectivity index (χ2v) is 7.63. The second-order valence-electron chi connectivity index (χ2n) is 4.50. The van der Waals surface area contributed by atoms with Gasteiger partial charge in [0.05, 0.1) is 7.11 Å². The third-order valence-electron chi connectivity index (χ3n) is 3.09. The lowest BCUT2D eigenvalue weighted by molar-refractivity contribution is -0.140. The van der Waals surface area contributed by atoms with Gasteiger partial charge in [0.25, 0.3) is 0 Å². The standard InChI is InChI=1S/C14H17NO4S2/c1-19-14(16)13-11-15(8-9-20-13)21(17,18)10-7-12-5-3-2-4-6-12/h2-7,10,13H,8-9,11H2,1H3/b10-7+/t13-/m1/s1. The van der Waals surface area contributed by atoms with E-state index in [1.54, 1.807) is 6.08 Å². The van der Waals surface area contributed by atoms with Crippen LogP contribution in [0.1, 0.15) is 5.56 Å². The van der Waals surface area contributed by atoms with E-state index in [1.165, 1.54) is 28.6 Å². The Hall–Kier alpha value is -1.31. The first-order valence-electron chi connectivity index (χ1n) is 6.45. The maximum absolute atomic E-state index is 12.3. The fourth-order valence-corrected chi connectivity index (χ4v) is 4.49. The van der Waals surface area contributed by atoms with Crippen LogP contribution in [-0.4, -0.2) is 49.9 Å². The van der Waals surface area contributed by atoms with Crippen LogP contribution in [0.5, 0.6) is 0 Å². The summed E-state index contributed by atoms with van der Waals surface area (Å²) in [6, 6.07) is 9.22. The predicted molar refractivity (Wildman–Crippen MR) is 84.2 cm³/mol. The van der Waals surface area contributed by atoms with Gasteiger partial charge in [-0.25, -0.2) is 8.42 Å². The molecule has 0 radical (unpaired) electrons. The van der Waals surface area contributed by atoms with Gasteiger partial charge in [0, 0.05) is 24.3 Å². The van der Waals surface area contributed by atoms with Crippen LogP contribution < -0.4 is 0 Å². The third-order valence-corrected chi connectivity index (χ3v) is 5.78. The molecule has 114 valence electrons. The molecule has 2 rings (SSSR count). The molecule has 1 atom stereocenters. The highest BCUT2D eigenvalue weighted by atomic mass is 32.2. The highest BCUT2D eigenvalue weighted by molar-refractivity contribution is 8.00. The van der Waals surface area contributed by atoms with E-state index >= 15 is 0 Å². The summed E-state index contributed by atoms with van der Waals surface area (Å²) in [6.45, 7) is 0.554. The number of benzene rings is 1. The van der Waals surface area contributed by atoms with Crippen molar-refractivity contribution in [2.75, 3.05) is 26.0 Å². The van der Waals surface area contributed by atoms with E-state index in [9.17, 15) is 13.2 Å². The Balaban J connectivity index is 2.08. The van der Waals surface area contributed by atoms with Crippen LogP contribution in [0.3, 0.4) is 0 Å². The summed E-state index contributed by atoms with van der Waals surface area (Å²) in [6.07, 6.45) is 1.56. The number of sulfonamides is 1. The third kappa shape index (κ3) is 4.33. The normalized spacial score (nSPS) is 20.5. The predicted octanol–water partition coefficient (Wildman–Crippen LogP) is 1.58. The summed E-state index contributed by atoms with van der Waals surface area (Å²) >= 11 is 1.43. The molecule has 0 bridgehead atoms. The van der Waals surface area contributed by atoms with Crippen LogP contribution in [0.15, 0.2) is 35.7 Å². The molecule has 1 aromatic rings. The van der Waals surface area contributed by atoms with Crippen molar-refractivity contribution in [3.05, 3.63) is 41.3 Å². The monoisotopic (exact) mass is 327 g/mol. The van der Waals surface area contributed by atoms with Gasteiger partial charge in [-0.3, -0.25) is 4.79 Å². The lowest BCUT2D eigenvalue weighted by atomic mass is 10.2. The van der Waals surface area contributed by atoms with Crippen molar-refractivity contribution in [1.29, 1.82) is 0 Å². The molecule has 0 N–H and O–H groups in total. The molecule has 0 saturated carbocycles. The van der Waals surface area contributed by atoms with Crippen LogP contribution in [-0.2, 0) is 19.6 Å². The zero-order chi connectivity index (χ0) is 15.3. The van der Waals surface area contributed by atoms with Gasteiger partial charge in [-0.05, 0) is 11.6 Å². The van der Waals surface area contributed by atoms with E-state index in [-0.39, 0.29) is 12.5 Å². The van der Waals surface area contributed by atoms with Crippen molar-refractivity contribution in [2.45, 2.75) is 5.25 Å². The fraction of sp³-hybridized carbons (Fsp3) is 0.357. The smallest absolute Gasteiger partial charge is 0.320 e. The summed E-state index contributed by atoms with van der Waals surface area (Å²) in [5, 5.41) is 0.732. The van der Waals surface area contributed by atoms with Crippen LogP contribution in [0.4, 0.5) is 0 Å². The maximum atomic E-state index is 12.3. The Morgan fingerprint density at radius 1 is 1.38 bits per heavy atom. The number of rotatable bonds is 4. The molecule has 1 saturated heterocycles. The fourth-order valence-electron chi connectivity index (χ4n) is 1.95. The molecule has 0 amide bonds. The molecule has 1 aliphatic rings. The van der Waals surface area contributed by atoms with Gasteiger partial charge < -0.3 is 4.74 Å². The number of carbonyl (C=O) groups excluding carboxylic acids is 1. The van der Waals surface area contributed by atoms with E-state index in [0.29, 0.717) is 12.3 Å². The zero-order valence-corrected chi connectivity index (χ0v) is 13.3. The number of nitrogens with zero attached hydrogens (tertiary/aromatic N) is 1. The van der Waals surface area contributed by atoms with Gasteiger partial charge in [-0.2, -0.15) is 4.31 Å². The van der Waals surface area contributed by atoms with Gasteiger partial charge in [0.1, 0.15) is 5.25 Å². The number of ether oxygens (including phenoxy) is 1.